The summed E-state index contributed by atoms with van der Waals surface area (Å²) >= 11 is 0. The predicted molar refractivity (Wildman–Crippen MR) is 99.2 cm³/mol. The van der Waals surface area contributed by atoms with Crippen LogP contribution in [0.25, 0.3) is 0 Å². The van der Waals surface area contributed by atoms with Crippen LogP contribution in [0.1, 0.15) is 32.3 Å². The van der Waals surface area contributed by atoms with Crippen molar-refractivity contribution < 1.29 is 9.90 Å². The molecule has 0 aromatic heterocycles. The van der Waals surface area contributed by atoms with Crippen molar-refractivity contribution in [3.05, 3.63) is 35.9 Å². The predicted octanol–water partition coefficient (Wildman–Crippen LogP) is 1.56. The molecule has 1 saturated heterocycles. The first kappa shape index (κ1) is 18.4. The van der Waals surface area contributed by atoms with Gasteiger partial charge in [0.2, 0.25) is 5.91 Å². The Labute approximate surface area is 151 Å². The van der Waals surface area contributed by atoms with E-state index >= 15 is 0 Å². The number of rotatable bonds is 7. The van der Waals surface area contributed by atoms with Crippen LogP contribution in [-0.4, -0.2) is 76.6 Å². The van der Waals surface area contributed by atoms with Crippen molar-refractivity contribution in [1.82, 2.24) is 14.7 Å². The zero-order valence-corrected chi connectivity index (χ0v) is 15.5. The zero-order valence-electron chi connectivity index (χ0n) is 15.5. The monoisotopic (exact) mass is 345 g/mol. The highest BCUT2D eigenvalue weighted by molar-refractivity contribution is 5.79. The number of β-amino-alcohol motifs (C(OH)–C–C–N with tert-alkyl or cyclic N) is 1. The summed E-state index contributed by atoms with van der Waals surface area (Å²) in [6.07, 6.45) is 1.97. The fourth-order valence-corrected chi connectivity index (χ4v) is 3.69. The number of aliphatic hydroxyl groups is 1. The molecule has 0 spiro atoms. The number of benzene rings is 1. The standard InChI is InChI=1S/C20H31N3O2/c1-16-12-21(10-11-22(16)13-17(2)24)15-20(25)23(19-8-9-19)14-18-6-4-3-5-7-18/h3-7,16-17,19,24H,8-15H2,1-2H3/t16-,17+/m0/s1. The zero-order chi connectivity index (χ0) is 17.8. The molecular formula is C20H31N3O2. The normalized spacial score (nSPS) is 23.4. The van der Waals surface area contributed by atoms with Gasteiger partial charge in [-0.25, -0.2) is 0 Å². The second kappa shape index (κ2) is 8.30. The molecule has 25 heavy (non-hydrogen) atoms. The molecule has 1 aliphatic carbocycles. The molecule has 1 N–H and O–H groups in total. The minimum Gasteiger partial charge on any atom is -0.392 e. The van der Waals surface area contributed by atoms with E-state index in [1.807, 2.05) is 25.1 Å². The number of aliphatic hydroxyl groups excluding tert-OH is 1. The second-order valence-corrected chi connectivity index (χ2v) is 7.67. The number of piperazine rings is 1. The first-order valence-corrected chi connectivity index (χ1v) is 9.51. The summed E-state index contributed by atoms with van der Waals surface area (Å²) in [6, 6.07) is 11.1. The second-order valence-electron chi connectivity index (χ2n) is 7.67. The summed E-state index contributed by atoms with van der Waals surface area (Å²) in [7, 11) is 0. The Bertz CT molecular complexity index is 559. The molecule has 0 bridgehead atoms. The summed E-state index contributed by atoms with van der Waals surface area (Å²) in [5.74, 6) is 0.252. The molecule has 1 aliphatic heterocycles. The molecule has 1 amide bonds. The van der Waals surface area contributed by atoms with Gasteiger partial charge < -0.3 is 10.0 Å². The molecule has 2 fully saturated rings. The molecule has 1 heterocycles. The lowest BCUT2D eigenvalue weighted by Gasteiger charge is -2.40. The van der Waals surface area contributed by atoms with Crippen LogP contribution in [0.4, 0.5) is 0 Å². The van der Waals surface area contributed by atoms with Gasteiger partial charge in [-0.15, -0.1) is 0 Å². The van der Waals surface area contributed by atoms with E-state index in [1.54, 1.807) is 0 Å². The van der Waals surface area contributed by atoms with Crippen molar-refractivity contribution >= 4 is 5.91 Å². The molecule has 138 valence electrons. The maximum absolute atomic E-state index is 12.9. The van der Waals surface area contributed by atoms with Crippen LogP contribution >= 0.6 is 0 Å². The molecule has 0 radical (unpaired) electrons. The number of carbonyl (C=O) groups excluding carboxylic acids is 1. The highest BCUT2D eigenvalue weighted by Crippen LogP contribution is 2.28. The van der Waals surface area contributed by atoms with Gasteiger partial charge in [0, 0.05) is 44.8 Å². The summed E-state index contributed by atoms with van der Waals surface area (Å²) in [5.41, 5.74) is 1.21. The SMILES string of the molecule is C[C@@H](O)CN1CCN(CC(=O)N(Cc2ccccc2)C2CC2)C[C@@H]1C. The Morgan fingerprint density at radius 2 is 2.00 bits per heavy atom. The Kier molecular flexibility index (Phi) is 6.10. The molecule has 2 atom stereocenters. The van der Waals surface area contributed by atoms with Crippen LogP contribution in [0.5, 0.6) is 0 Å². The third-order valence-electron chi connectivity index (χ3n) is 5.21. The Hall–Kier alpha value is -1.43. The van der Waals surface area contributed by atoms with Crippen molar-refractivity contribution in [2.24, 2.45) is 0 Å². The number of carbonyl (C=O) groups is 1. The van der Waals surface area contributed by atoms with E-state index in [0.29, 0.717) is 25.2 Å². The maximum Gasteiger partial charge on any atom is 0.237 e. The molecular weight excluding hydrogens is 314 g/mol. The number of amides is 1. The molecule has 3 rings (SSSR count). The third kappa shape index (κ3) is 5.27. The smallest absolute Gasteiger partial charge is 0.237 e. The quantitative estimate of drug-likeness (QED) is 0.815. The van der Waals surface area contributed by atoms with E-state index in [2.05, 4.69) is 33.8 Å². The van der Waals surface area contributed by atoms with Gasteiger partial charge in [0.25, 0.3) is 0 Å². The van der Waals surface area contributed by atoms with E-state index in [4.69, 9.17) is 0 Å². The van der Waals surface area contributed by atoms with Gasteiger partial charge in [0.15, 0.2) is 0 Å². The number of hydrogen-bond acceptors (Lipinski definition) is 4. The van der Waals surface area contributed by atoms with Gasteiger partial charge in [0.05, 0.1) is 12.6 Å². The van der Waals surface area contributed by atoms with Gasteiger partial charge in [-0.3, -0.25) is 14.6 Å². The fourth-order valence-electron chi connectivity index (χ4n) is 3.69. The summed E-state index contributed by atoms with van der Waals surface area (Å²) < 4.78 is 0. The average molecular weight is 345 g/mol. The number of nitrogens with zero attached hydrogens (tertiary/aromatic N) is 3. The molecule has 1 aromatic carbocycles. The molecule has 1 aromatic rings. The fraction of sp³-hybridized carbons (Fsp3) is 0.650. The summed E-state index contributed by atoms with van der Waals surface area (Å²) in [5, 5.41) is 9.60. The van der Waals surface area contributed by atoms with Crippen LogP contribution in [0.15, 0.2) is 30.3 Å². The highest BCUT2D eigenvalue weighted by atomic mass is 16.3. The van der Waals surface area contributed by atoms with Crippen molar-refractivity contribution in [3.8, 4) is 0 Å². The summed E-state index contributed by atoms with van der Waals surface area (Å²) in [4.78, 5) is 19.5. The molecule has 2 aliphatic rings. The van der Waals surface area contributed by atoms with E-state index < -0.39 is 0 Å². The van der Waals surface area contributed by atoms with Crippen LogP contribution in [0.2, 0.25) is 0 Å². The van der Waals surface area contributed by atoms with Gasteiger partial charge >= 0.3 is 0 Å². The first-order chi connectivity index (χ1) is 12.0. The minimum atomic E-state index is -0.299. The molecule has 0 unspecified atom stereocenters. The number of hydrogen-bond donors (Lipinski definition) is 1. The van der Waals surface area contributed by atoms with Crippen LogP contribution in [0.3, 0.4) is 0 Å². The molecule has 1 saturated carbocycles. The van der Waals surface area contributed by atoms with Gasteiger partial charge in [0.1, 0.15) is 0 Å². The van der Waals surface area contributed by atoms with Crippen molar-refractivity contribution in [3.63, 3.8) is 0 Å². The minimum absolute atomic E-state index is 0.252. The van der Waals surface area contributed by atoms with E-state index in [0.717, 1.165) is 39.0 Å². The van der Waals surface area contributed by atoms with Crippen LogP contribution in [0, 0.1) is 0 Å². The highest BCUT2D eigenvalue weighted by Gasteiger charge is 2.34. The van der Waals surface area contributed by atoms with Crippen LogP contribution < -0.4 is 0 Å². The molecule has 5 heteroatoms. The van der Waals surface area contributed by atoms with Crippen molar-refractivity contribution in [2.75, 3.05) is 32.7 Å². The lowest BCUT2D eigenvalue weighted by atomic mass is 10.1. The largest absolute Gasteiger partial charge is 0.392 e. The van der Waals surface area contributed by atoms with Crippen molar-refractivity contribution in [1.29, 1.82) is 0 Å². The van der Waals surface area contributed by atoms with Gasteiger partial charge in [-0.05, 0) is 32.3 Å². The third-order valence-corrected chi connectivity index (χ3v) is 5.21. The molecule has 5 nitrogen and oxygen atoms in total. The van der Waals surface area contributed by atoms with E-state index in [-0.39, 0.29) is 12.0 Å². The lowest BCUT2D eigenvalue weighted by molar-refractivity contribution is -0.134. The Morgan fingerprint density at radius 3 is 2.60 bits per heavy atom. The van der Waals surface area contributed by atoms with Crippen LogP contribution in [-0.2, 0) is 11.3 Å². The lowest BCUT2D eigenvalue weighted by Crippen LogP contribution is -2.55. The average Bonchev–Trinajstić information content (AvgIpc) is 3.40. The van der Waals surface area contributed by atoms with E-state index in [9.17, 15) is 9.90 Å². The van der Waals surface area contributed by atoms with Crippen molar-refractivity contribution in [2.45, 2.75) is 51.4 Å². The topological polar surface area (TPSA) is 47.0 Å². The van der Waals surface area contributed by atoms with Gasteiger partial charge in [-0.2, -0.15) is 0 Å². The van der Waals surface area contributed by atoms with Gasteiger partial charge in [-0.1, -0.05) is 30.3 Å². The Morgan fingerprint density at radius 1 is 1.28 bits per heavy atom. The summed E-state index contributed by atoms with van der Waals surface area (Å²) in [6.45, 7) is 8.67. The Balaban J connectivity index is 1.53. The van der Waals surface area contributed by atoms with E-state index in [1.165, 1.54) is 5.56 Å². The maximum atomic E-state index is 12.9. The first-order valence-electron chi connectivity index (χ1n) is 9.51.